The molecule has 0 fully saturated rings. The molecule has 1 aliphatic rings. The molecule has 0 aromatic heterocycles. The highest BCUT2D eigenvalue weighted by Gasteiger charge is 2.18. The highest BCUT2D eigenvalue weighted by molar-refractivity contribution is 9.12. The Morgan fingerprint density at radius 3 is 1.59 bits per heavy atom. The molecule has 29 heavy (non-hydrogen) atoms. The second-order valence-corrected chi connectivity index (χ2v) is 10.5. The fraction of sp³-hybridized carbons (Fsp3) is 0.100. The van der Waals surface area contributed by atoms with E-state index in [2.05, 4.69) is 24.7 Å². The molecule has 2 aromatic carbocycles. The highest BCUT2D eigenvalue weighted by atomic mass is 79.9. The van der Waals surface area contributed by atoms with Gasteiger partial charge in [-0.3, -0.25) is 0 Å². The third kappa shape index (κ3) is 5.17. The van der Waals surface area contributed by atoms with Crippen molar-refractivity contribution in [2.75, 3.05) is 0 Å². The number of rotatable bonds is 4. The van der Waals surface area contributed by atoms with Gasteiger partial charge in [0, 0.05) is 4.48 Å². The molecule has 2 aromatic rings. The summed E-state index contributed by atoms with van der Waals surface area (Å²) in [5.74, 6) is 0. The molecule has 0 saturated heterocycles. The fourth-order valence-corrected chi connectivity index (χ4v) is 4.97. The van der Waals surface area contributed by atoms with Crippen molar-refractivity contribution in [2.24, 2.45) is 8.80 Å². The van der Waals surface area contributed by atoms with Gasteiger partial charge in [0.25, 0.3) is 20.0 Å². The van der Waals surface area contributed by atoms with Crippen molar-refractivity contribution in [1.29, 1.82) is 0 Å². The van der Waals surface area contributed by atoms with Gasteiger partial charge in [-0.1, -0.05) is 35.4 Å². The van der Waals surface area contributed by atoms with E-state index >= 15 is 0 Å². The lowest BCUT2D eigenvalue weighted by atomic mass is 10.1. The zero-order valence-corrected chi connectivity index (χ0v) is 18.8. The number of hydrogen-bond acceptors (Lipinski definition) is 4. The number of halogens is 1. The van der Waals surface area contributed by atoms with E-state index in [0.717, 1.165) is 11.1 Å². The number of aryl methyl sites for hydroxylation is 2. The Labute approximate surface area is 178 Å². The van der Waals surface area contributed by atoms with Gasteiger partial charge >= 0.3 is 0 Å². The van der Waals surface area contributed by atoms with Crippen LogP contribution in [-0.4, -0.2) is 28.3 Å². The molecule has 0 N–H and O–H groups in total. The number of sulfonamides is 2. The van der Waals surface area contributed by atoms with Gasteiger partial charge in [-0.05, 0) is 72.3 Å². The number of allylic oxidation sites excluding steroid dienone is 4. The van der Waals surface area contributed by atoms with Gasteiger partial charge < -0.3 is 0 Å². The molecule has 0 radical (unpaired) electrons. The first-order valence-electron chi connectivity index (χ1n) is 8.46. The molecule has 0 amide bonds. The first-order valence-corrected chi connectivity index (χ1v) is 12.1. The highest BCUT2D eigenvalue weighted by Crippen LogP contribution is 2.21. The SMILES string of the molecule is Cc1ccc(S(=O)(=O)N=C2C=CC(=NS(=O)(=O)c3ccc(C)cc3)C(Br)=C2)cc1. The van der Waals surface area contributed by atoms with Crippen LogP contribution >= 0.6 is 15.9 Å². The Balaban J connectivity index is 1.90. The van der Waals surface area contributed by atoms with Gasteiger partial charge in [-0.15, -0.1) is 0 Å². The summed E-state index contributed by atoms with van der Waals surface area (Å²) >= 11 is 3.24. The average Bonchev–Trinajstić information content (AvgIpc) is 2.64. The molecule has 3 rings (SSSR count). The van der Waals surface area contributed by atoms with E-state index in [-0.39, 0.29) is 21.2 Å². The molecule has 0 spiro atoms. The predicted molar refractivity (Wildman–Crippen MR) is 118 cm³/mol. The van der Waals surface area contributed by atoms with Crippen LogP contribution in [0, 0.1) is 13.8 Å². The lowest BCUT2D eigenvalue weighted by molar-refractivity contribution is 0.596. The maximum absolute atomic E-state index is 12.5. The molecule has 0 bridgehead atoms. The van der Waals surface area contributed by atoms with Crippen LogP contribution in [0.5, 0.6) is 0 Å². The summed E-state index contributed by atoms with van der Waals surface area (Å²) in [6, 6.07) is 12.7. The second-order valence-electron chi connectivity index (χ2n) is 6.39. The van der Waals surface area contributed by atoms with E-state index in [1.807, 2.05) is 13.8 Å². The van der Waals surface area contributed by atoms with Gasteiger partial charge in [-0.2, -0.15) is 25.6 Å². The lowest BCUT2D eigenvalue weighted by Gasteiger charge is -2.08. The Kier molecular flexibility index (Phi) is 6.02. The molecule has 0 aliphatic heterocycles. The first-order chi connectivity index (χ1) is 13.6. The van der Waals surface area contributed by atoms with Crippen LogP contribution < -0.4 is 0 Å². The molecular formula is C20H17BrN2O4S2. The number of nitrogens with zero attached hydrogens (tertiary/aromatic N) is 2. The molecule has 6 nitrogen and oxygen atoms in total. The molecule has 150 valence electrons. The second kappa shape index (κ2) is 8.17. The van der Waals surface area contributed by atoms with Crippen molar-refractivity contribution in [1.82, 2.24) is 0 Å². The molecule has 1 aliphatic carbocycles. The Morgan fingerprint density at radius 1 is 0.690 bits per heavy atom. The van der Waals surface area contributed by atoms with Crippen molar-refractivity contribution < 1.29 is 16.8 Å². The van der Waals surface area contributed by atoms with Crippen LogP contribution in [0.15, 0.2) is 89.8 Å². The lowest BCUT2D eigenvalue weighted by Crippen LogP contribution is -2.10. The van der Waals surface area contributed by atoms with Gasteiger partial charge in [-0.25, -0.2) is 0 Å². The molecule has 0 saturated carbocycles. The predicted octanol–water partition coefficient (Wildman–Crippen LogP) is 4.11. The van der Waals surface area contributed by atoms with E-state index in [9.17, 15) is 16.8 Å². The molecule has 0 unspecified atom stereocenters. The molecule has 9 heteroatoms. The van der Waals surface area contributed by atoms with Crippen LogP contribution in [0.4, 0.5) is 0 Å². The number of hydrogen-bond donors (Lipinski definition) is 0. The smallest absolute Gasteiger partial charge is 0.199 e. The van der Waals surface area contributed by atoms with Crippen molar-refractivity contribution in [3.63, 3.8) is 0 Å². The summed E-state index contributed by atoms with van der Waals surface area (Å²) in [6.45, 7) is 3.72. The fourth-order valence-electron chi connectivity index (χ4n) is 2.42. The van der Waals surface area contributed by atoms with Crippen LogP contribution in [0.25, 0.3) is 0 Å². The van der Waals surface area contributed by atoms with Crippen LogP contribution in [0.3, 0.4) is 0 Å². The van der Waals surface area contributed by atoms with E-state index in [0.29, 0.717) is 4.48 Å². The van der Waals surface area contributed by atoms with Crippen molar-refractivity contribution >= 4 is 47.4 Å². The summed E-state index contributed by atoms with van der Waals surface area (Å²) in [4.78, 5) is 0.153. The zero-order chi connectivity index (χ0) is 21.2. The topological polar surface area (TPSA) is 93.0 Å². The van der Waals surface area contributed by atoms with Crippen molar-refractivity contribution in [3.05, 3.63) is 82.4 Å². The Bertz CT molecular complexity index is 1270. The summed E-state index contributed by atoms with van der Waals surface area (Å²) in [5, 5.41) is 0. The van der Waals surface area contributed by atoms with Gasteiger partial charge in [0.2, 0.25) is 0 Å². The third-order valence-electron chi connectivity index (χ3n) is 4.01. The van der Waals surface area contributed by atoms with Gasteiger partial charge in [0.05, 0.1) is 21.2 Å². The maximum atomic E-state index is 12.5. The van der Waals surface area contributed by atoms with Gasteiger partial charge in [0.1, 0.15) is 0 Å². The Morgan fingerprint density at radius 2 is 1.14 bits per heavy atom. The third-order valence-corrected chi connectivity index (χ3v) is 7.27. The average molecular weight is 493 g/mol. The summed E-state index contributed by atoms with van der Waals surface area (Å²) in [7, 11) is -7.79. The summed E-state index contributed by atoms with van der Waals surface area (Å²) < 4.78 is 57.8. The maximum Gasteiger partial charge on any atom is 0.282 e. The van der Waals surface area contributed by atoms with E-state index in [1.54, 1.807) is 24.3 Å². The standard InChI is InChI=1S/C20H17BrN2O4S2/c1-14-3-8-17(9-4-14)28(24,25)22-16-7-12-20(19(21)13-16)23-29(26,27)18-10-5-15(2)6-11-18/h3-13H,1-2H3. The quantitative estimate of drug-likeness (QED) is 0.600. The largest absolute Gasteiger partial charge is 0.282 e. The van der Waals surface area contributed by atoms with Crippen molar-refractivity contribution in [2.45, 2.75) is 23.6 Å². The van der Waals surface area contributed by atoms with Gasteiger partial charge in [0.15, 0.2) is 0 Å². The minimum Gasteiger partial charge on any atom is -0.199 e. The van der Waals surface area contributed by atoms with E-state index in [4.69, 9.17) is 0 Å². The van der Waals surface area contributed by atoms with Crippen LogP contribution in [0.2, 0.25) is 0 Å². The van der Waals surface area contributed by atoms with E-state index < -0.39 is 20.0 Å². The number of benzene rings is 2. The van der Waals surface area contributed by atoms with Crippen LogP contribution in [-0.2, 0) is 20.0 Å². The normalized spacial score (nSPS) is 17.6. The summed E-state index contributed by atoms with van der Waals surface area (Å²) in [5.41, 5.74) is 2.18. The minimum atomic E-state index is -3.90. The monoisotopic (exact) mass is 492 g/mol. The first kappa shape index (κ1) is 21.4. The summed E-state index contributed by atoms with van der Waals surface area (Å²) in [6.07, 6.45) is 4.22. The Hall–Kier alpha value is -2.36. The minimum absolute atomic E-state index is 0.0747. The molecular weight excluding hydrogens is 476 g/mol. The van der Waals surface area contributed by atoms with Crippen LogP contribution in [0.1, 0.15) is 11.1 Å². The zero-order valence-electron chi connectivity index (χ0n) is 15.6. The van der Waals surface area contributed by atoms with E-state index in [1.165, 1.54) is 42.5 Å². The van der Waals surface area contributed by atoms with Crippen molar-refractivity contribution in [3.8, 4) is 0 Å². The molecule has 0 heterocycles. The molecule has 0 atom stereocenters.